The Balaban J connectivity index is 1.63. The van der Waals surface area contributed by atoms with Crippen LogP contribution in [0.3, 0.4) is 0 Å². The molecule has 0 radical (unpaired) electrons. The van der Waals surface area contributed by atoms with Crippen LogP contribution in [0.15, 0.2) is 18.5 Å². The summed E-state index contributed by atoms with van der Waals surface area (Å²) in [4.78, 5) is 14.6. The quantitative estimate of drug-likeness (QED) is 0.776. The molecule has 0 bridgehead atoms. The van der Waals surface area contributed by atoms with Crippen LogP contribution in [0.4, 0.5) is 16.2 Å². The maximum Gasteiger partial charge on any atom is 0.330 e. The number of ether oxygens (including phenoxy) is 1. The molecular formula is C16H23N5O2S2. The molecule has 0 aliphatic carbocycles. The van der Waals surface area contributed by atoms with Crippen LogP contribution in [0.5, 0.6) is 0 Å². The number of hydrogen-bond acceptors (Lipinski definition) is 6. The molecule has 0 atom stereocenters. The van der Waals surface area contributed by atoms with Gasteiger partial charge in [0, 0.05) is 42.3 Å². The average molecular weight is 382 g/mol. The fraction of sp³-hybridized carbons (Fsp3) is 0.500. The summed E-state index contributed by atoms with van der Waals surface area (Å²) in [7, 11) is 1.89. The molecule has 3 rings (SSSR count). The number of aryl methyl sites for hydroxylation is 3. The summed E-state index contributed by atoms with van der Waals surface area (Å²) in [5.74, 6) is 0. The zero-order chi connectivity index (χ0) is 17.8. The first kappa shape index (κ1) is 18.1. The highest BCUT2D eigenvalue weighted by Gasteiger charge is 2.24. The molecule has 2 aromatic heterocycles. The van der Waals surface area contributed by atoms with Crippen molar-refractivity contribution in [2.45, 2.75) is 32.7 Å². The molecule has 3 heterocycles. The monoisotopic (exact) mass is 381 g/mol. The third-order valence-electron chi connectivity index (χ3n) is 3.99. The number of carbonyl (C=O) groups excluding carboxylic acids is 1. The Labute approximate surface area is 156 Å². The van der Waals surface area contributed by atoms with Crippen LogP contribution in [-0.2, 0) is 11.8 Å². The number of amides is 2. The fourth-order valence-corrected chi connectivity index (χ4v) is 4.44. The Bertz CT molecular complexity index is 724. The molecule has 1 aliphatic heterocycles. The van der Waals surface area contributed by atoms with Crippen LogP contribution in [0, 0.1) is 13.8 Å². The summed E-state index contributed by atoms with van der Waals surface area (Å²) in [5.41, 5.74) is 1.84. The minimum Gasteiger partial charge on any atom is -0.381 e. The van der Waals surface area contributed by atoms with Crippen molar-refractivity contribution in [3.05, 3.63) is 28.2 Å². The second-order valence-electron chi connectivity index (χ2n) is 6.02. The summed E-state index contributed by atoms with van der Waals surface area (Å²) in [6, 6.07) is 2.06. The molecule has 2 N–H and O–H groups in total. The lowest BCUT2D eigenvalue weighted by Crippen LogP contribution is -2.38. The van der Waals surface area contributed by atoms with Crippen molar-refractivity contribution in [2.75, 3.05) is 22.8 Å². The Kier molecular flexibility index (Phi) is 5.87. The second-order valence-corrected chi connectivity index (χ2v) is 8.26. The van der Waals surface area contributed by atoms with Crippen molar-refractivity contribution in [2.24, 2.45) is 7.05 Å². The predicted molar refractivity (Wildman–Crippen MR) is 103 cm³/mol. The van der Waals surface area contributed by atoms with Gasteiger partial charge in [-0.25, -0.2) is 4.79 Å². The summed E-state index contributed by atoms with van der Waals surface area (Å²) in [6.45, 7) is 5.51. The third kappa shape index (κ3) is 4.68. The van der Waals surface area contributed by atoms with Gasteiger partial charge in [-0.15, -0.1) is 11.3 Å². The molecule has 1 fully saturated rings. The summed E-state index contributed by atoms with van der Waals surface area (Å²) in [6.07, 6.45) is 5.62. The van der Waals surface area contributed by atoms with Crippen molar-refractivity contribution in [1.82, 2.24) is 14.5 Å². The van der Waals surface area contributed by atoms with Crippen LogP contribution in [0.2, 0.25) is 0 Å². The number of rotatable bonds is 5. The van der Waals surface area contributed by atoms with Crippen molar-refractivity contribution in [3.63, 3.8) is 0 Å². The van der Waals surface area contributed by atoms with Gasteiger partial charge in [-0.05, 0) is 32.8 Å². The Morgan fingerprint density at radius 2 is 2.20 bits per heavy atom. The van der Waals surface area contributed by atoms with Gasteiger partial charge in [0.05, 0.1) is 29.7 Å². The molecule has 0 unspecified atom stereocenters. The smallest absolute Gasteiger partial charge is 0.330 e. The number of nitrogens with one attached hydrogen (secondary N) is 2. The van der Waals surface area contributed by atoms with Crippen LogP contribution in [-0.4, -0.2) is 35.1 Å². The van der Waals surface area contributed by atoms with E-state index in [1.165, 1.54) is 17.0 Å². The number of anilines is 2. The van der Waals surface area contributed by atoms with E-state index in [1.54, 1.807) is 16.0 Å². The first-order valence-corrected chi connectivity index (χ1v) is 9.78. The van der Waals surface area contributed by atoms with Gasteiger partial charge in [-0.1, -0.05) is 0 Å². The van der Waals surface area contributed by atoms with E-state index in [0.717, 1.165) is 42.3 Å². The van der Waals surface area contributed by atoms with E-state index in [0.29, 0.717) is 6.04 Å². The maximum atomic E-state index is 12.3. The number of aromatic nitrogens is 2. The summed E-state index contributed by atoms with van der Waals surface area (Å²) >= 11 is 2.97. The number of thiophene rings is 1. The zero-order valence-corrected chi connectivity index (χ0v) is 16.2. The molecule has 0 aromatic carbocycles. The molecule has 9 heteroatoms. The van der Waals surface area contributed by atoms with Gasteiger partial charge in [0.25, 0.3) is 0 Å². The predicted octanol–water partition coefficient (Wildman–Crippen LogP) is 3.47. The minimum atomic E-state index is -0.230. The normalized spacial score (nSPS) is 15.2. The standard InChI is InChI=1S/C16H23N5O2S2/c1-11-8-15(12(2)24-11)18-16(22)19-25-21(13-4-6-23-7-5-13)14-9-17-20(3)10-14/h8-10,13H,4-7H2,1-3H3,(H2,18,19,22). The number of nitrogens with zero attached hydrogens (tertiary/aromatic N) is 3. The molecule has 136 valence electrons. The molecule has 7 nitrogen and oxygen atoms in total. The SMILES string of the molecule is Cc1cc(NC(=O)NSN(c2cnn(C)c2)C2CCOCC2)c(C)s1. The molecule has 0 spiro atoms. The van der Waals surface area contributed by atoms with Crippen LogP contribution in [0.25, 0.3) is 0 Å². The van der Waals surface area contributed by atoms with E-state index in [2.05, 4.69) is 19.4 Å². The first-order valence-electron chi connectivity index (χ1n) is 8.19. The molecule has 2 amide bonds. The summed E-state index contributed by atoms with van der Waals surface area (Å²) in [5, 5.41) is 7.16. The van der Waals surface area contributed by atoms with Gasteiger partial charge >= 0.3 is 6.03 Å². The van der Waals surface area contributed by atoms with E-state index in [4.69, 9.17) is 4.74 Å². The molecule has 1 aliphatic rings. The highest BCUT2D eigenvalue weighted by atomic mass is 32.2. The third-order valence-corrected chi connectivity index (χ3v) is 5.94. The highest BCUT2D eigenvalue weighted by molar-refractivity contribution is 7.99. The summed E-state index contributed by atoms with van der Waals surface area (Å²) < 4.78 is 12.2. The Hall–Kier alpha value is -1.71. The molecule has 25 heavy (non-hydrogen) atoms. The highest BCUT2D eigenvalue weighted by Crippen LogP contribution is 2.29. The van der Waals surface area contributed by atoms with Gasteiger partial charge in [-0.2, -0.15) is 5.10 Å². The molecule has 1 saturated heterocycles. The van der Waals surface area contributed by atoms with Crippen LogP contribution >= 0.6 is 23.5 Å². The van der Waals surface area contributed by atoms with E-state index in [1.807, 2.05) is 39.4 Å². The first-order chi connectivity index (χ1) is 12.0. The molecule has 2 aromatic rings. The minimum absolute atomic E-state index is 0.230. The van der Waals surface area contributed by atoms with Gasteiger partial charge in [0.1, 0.15) is 0 Å². The van der Waals surface area contributed by atoms with Crippen molar-refractivity contribution in [1.29, 1.82) is 0 Å². The lowest BCUT2D eigenvalue weighted by molar-refractivity contribution is 0.0879. The van der Waals surface area contributed by atoms with Crippen LogP contribution in [0.1, 0.15) is 22.6 Å². The Morgan fingerprint density at radius 1 is 1.44 bits per heavy atom. The Morgan fingerprint density at radius 3 is 2.80 bits per heavy atom. The maximum absolute atomic E-state index is 12.3. The molecule has 0 saturated carbocycles. The zero-order valence-electron chi connectivity index (χ0n) is 14.6. The van der Waals surface area contributed by atoms with E-state index >= 15 is 0 Å². The van der Waals surface area contributed by atoms with Crippen molar-refractivity contribution in [3.8, 4) is 0 Å². The van der Waals surface area contributed by atoms with E-state index in [-0.39, 0.29) is 6.03 Å². The van der Waals surface area contributed by atoms with Gasteiger partial charge in [0.15, 0.2) is 0 Å². The van der Waals surface area contributed by atoms with Crippen molar-refractivity contribution < 1.29 is 9.53 Å². The van der Waals surface area contributed by atoms with Crippen LogP contribution < -0.4 is 14.3 Å². The number of carbonyl (C=O) groups is 1. The van der Waals surface area contributed by atoms with Gasteiger partial charge in [-0.3, -0.25) is 13.7 Å². The molecular weight excluding hydrogens is 358 g/mol. The van der Waals surface area contributed by atoms with Crippen molar-refractivity contribution >= 4 is 40.9 Å². The fourth-order valence-electron chi connectivity index (χ4n) is 2.77. The van der Waals surface area contributed by atoms with Gasteiger partial charge in [0.2, 0.25) is 0 Å². The topological polar surface area (TPSA) is 71.4 Å². The number of urea groups is 1. The van der Waals surface area contributed by atoms with Gasteiger partial charge < -0.3 is 10.1 Å². The van der Waals surface area contributed by atoms with E-state index < -0.39 is 0 Å². The van der Waals surface area contributed by atoms with E-state index in [9.17, 15) is 4.79 Å². The number of hydrogen-bond donors (Lipinski definition) is 2. The average Bonchev–Trinajstić information content (AvgIpc) is 3.14. The lowest BCUT2D eigenvalue weighted by atomic mass is 10.1. The lowest BCUT2D eigenvalue weighted by Gasteiger charge is -2.33. The largest absolute Gasteiger partial charge is 0.381 e. The second kappa shape index (κ2) is 8.11.